The maximum atomic E-state index is 5.98. The number of rotatable bonds is 8. The summed E-state index contributed by atoms with van der Waals surface area (Å²) >= 11 is 5.98. The van der Waals surface area contributed by atoms with E-state index in [9.17, 15) is 0 Å². The molecule has 0 aliphatic carbocycles. The maximum absolute atomic E-state index is 5.98. The van der Waals surface area contributed by atoms with Crippen LogP contribution in [-0.4, -0.2) is 69.4 Å². The van der Waals surface area contributed by atoms with Gasteiger partial charge in [0, 0.05) is 37.7 Å². The van der Waals surface area contributed by atoms with Crippen molar-refractivity contribution in [1.82, 2.24) is 15.5 Å². The molecule has 0 amide bonds. The first kappa shape index (κ1) is 23.3. The minimum absolute atomic E-state index is 0. The van der Waals surface area contributed by atoms with Crippen molar-refractivity contribution in [1.29, 1.82) is 0 Å². The summed E-state index contributed by atoms with van der Waals surface area (Å²) in [5, 5.41) is 7.32. The highest BCUT2D eigenvalue weighted by atomic mass is 127. The van der Waals surface area contributed by atoms with Crippen LogP contribution in [0.1, 0.15) is 13.8 Å². The fourth-order valence-corrected chi connectivity index (χ4v) is 2.71. The summed E-state index contributed by atoms with van der Waals surface area (Å²) in [6.07, 6.45) is -0.0341. The molecule has 1 saturated heterocycles. The van der Waals surface area contributed by atoms with Gasteiger partial charge in [0.25, 0.3) is 0 Å². The van der Waals surface area contributed by atoms with Gasteiger partial charge in [-0.25, -0.2) is 4.99 Å². The quantitative estimate of drug-likeness (QED) is 0.329. The molecule has 1 aromatic carbocycles. The Balaban J connectivity index is 0.00000338. The standard InChI is InChI=1S/C18H29ClN4O2.HI/c1-3-20-18(21-7-8-23-9-11-24-12-10-23)22-14-15(2)25-17-6-4-5-16(19)13-17;/h4-6,13,15H,3,7-12,14H2,1-2H3,(H2,20,21,22);1H. The monoisotopic (exact) mass is 496 g/mol. The number of benzene rings is 1. The third-order valence-corrected chi connectivity index (χ3v) is 4.04. The molecular formula is C18H30ClIN4O2. The number of guanidine groups is 1. The van der Waals surface area contributed by atoms with Crippen LogP contribution in [0.15, 0.2) is 29.3 Å². The van der Waals surface area contributed by atoms with E-state index < -0.39 is 0 Å². The molecule has 1 heterocycles. The minimum Gasteiger partial charge on any atom is -0.489 e. The van der Waals surface area contributed by atoms with Gasteiger partial charge in [-0.1, -0.05) is 17.7 Å². The minimum atomic E-state index is -0.0341. The van der Waals surface area contributed by atoms with Crippen molar-refractivity contribution in [2.45, 2.75) is 20.0 Å². The van der Waals surface area contributed by atoms with Gasteiger partial charge < -0.3 is 20.1 Å². The Labute approximate surface area is 178 Å². The van der Waals surface area contributed by atoms with Crippen molar-refractivity contribution < 1.29 is 9.47 Å². The van der Waals surface area contributed by atoms with E-state index in [-0.39, 0.29) is 30.1 Å². The molecule has 1 atom stereocenters. The molecule has 26 heavy (non-hydrogen) atoms. The van der Waals surface area contributed by atoms with Crippen LogP contribution < -0.4 is 15.4 Å². The number of hydrogen-bond acceptors (Lipinski definition) is 4. The molecule has 2 N–H and O–H groups in total. The molecule has 1 aliphatic heterocycles. The summed E-state index contributed by atoms with van der Waals surface area (Å²) in [7, 11) is 0. The van der Waals surface area contributed by atoms with Crippen LogP contribution in [0.5, 0.6) is 5.75 Å². The average Bonchev–Trinajstić information content (AvgIpc) is 2.60. The van der Waals surface area contributed by atoms with Gasteiger partial charge in [0.15, 0.2) is 5.96 Å². The molecule has 1 aliphatic rings. The van der Waals surface area contributed by atoms with Gasteiger partial charge in [-0.15, -0.1) is 24.0 Å². The van der Waals surface area contributed by atoms with Crippen molar-refractivity contribution >= 4 is 41.5 Å². The van der Waals surface area contributed by atoms with E-state index in [1.165, 1.54) is 0 Å². The zero-order valence-corrected chi connectivity index (χ0v) is 18.6. The summed E-state index contributed by atoms with van der Waals surface area (Å²) in [4.78, 5) is 7.00. The first-order valence-corrected chi connectivity index (χ1v) is 9.29. The lowest BCUT2D eigenvalue weighted by molar-refractivity contribution is 0.0389. The number of morpholine rings is 1. The Bertz CT molecular complexity index is 542. The second-order valence-electron chi connectivity index (χ2n) is 5.99. The van der Waals surface area contributed by atoms with Gasteiger partial charge in [-0.3, -0.25) is 4.90 Å². The van der Waals surface area contributed by atoms with E-state index in [0.717, 1.165) is 57.6 Å². The zero-order valence-electron chi connectivity index (χ0n) is 15.5. The number of ether oxygens (including phenoxy) is 2. The van der Waals surface area contributed by atoms with Gasteiger partial charge >= 0.3 is 0 Å². The summed E-state index contributed by atoms with van der Waals surface area (Å²) < 4.78 is 11.2. The maximum Gasteiger partial charge on any atom is 0.191 e. The lowest BCUT2D eigenvalue weighted by Gasteiger charge is -2.26. The summed E-state index contributed by atoms with van der Waals surface area (Å²) in [5.74, 6) is 1.58. The van der Waals surface area contributed by atoms with Crippen molar-refractivity contribution in [2.75, 3.05) is 52.5 Å². The van der Waals surface area contributed by atoms with Crippen LogP contribution in [0.25, 0.3) is 0 Å². The number of hydrogen-bond donors (Lipinski definition) is 2. The van der Waals surface area contributed by atoms with Gasteiger partial charge in [0.05, 0.1) is 19.8 Å². The van der Waals surface area contributed by atoms with Crippen LogP contribution in [-0.2, 0) is 4.74 Å². The molecule has 8 heteroatoms. The van der Waals surface area contributed by atoms with Crippen LogP contribution in [0.3, 0.4) is 0 Å². The SMILES string of the molecule is CCNC(=NCC(C)Oc1cccc(Cl)c1)NCCN1CCOCC1.I. The first-order valence-electron chi connectivity index (χ1n) is 8.92. The summed E-state index contributed by atoms with van der Waals surface area (Å²) in [5.41, 5.74) is 0. The van der Waals surface area contributed by atoms with Crippen LogP contribution in [0.4, 0.5) is 0 Å². The van der Waals surface area contributed by atoms with E-state index in [2.05, 4.69) is 27.4 Å². The predicted octanol–water partition coefficient (Wildman–Crippen LogP) is 2.61. The second-order valence-corrected chi connectivity index (χ2v) is 6.42. The molecular weight excluding hydrogens is 467 g/mol. The molecule has 0 spiro atoms. The molecule has 148 valence electrons. The number of nitrogens with zero attached hydrogens (tertiary/aromatic N) is 2. The van der Waals surface area contributed by atoms with Crippen molar-refractivity contribution in [3.8, 4) is 5.75 Å². The van der Waals surface area contributed by atoms with Crippen LogP contribution in [0.2, 0.25) is 5.02 Å². The molecule has 0 bridgehead atoms. The third-order valence-electron chi connectivity index (χ3n) is 3.81. The van der Waals surface area contributed by atoms with E-state index in [1.54, 1.807) is 0 Å². The number of aliphatic imine (C=N–C) groups is 1. The normalized spacial score (nSPS) is 16.5. The average molecular weight is 497 g/mol. The lowest BCUT2D eigenvalue weighted by atomic mass is 10.3. The molecule has 0 aromatic heterocycles. The highest BCUT2D eigenvalue weighted by Gasteiger charge is 2.10. The molecule has 1 unspecified atom stereocenters. The third kappa shape index (κ3) is 9.25. The van der Waals surface area contributed by atoms with Crippen molar-refractivity contribution in [3.63, 3.8) is 0 Å². The Kier molecular flexibility index (Phi) is 12.0. The number of halogens is 2. The van der Waals surface area contributed by atoms with E-state index in [4.69, 9.17) is 21.1 Å². The Morgan fingerprint density at radius 3 is 2.81 bits per heavy atom. The van der Waals surface area contributed by atoms with Gasteiger partial charge in [-0.05, 0) is 32.0 Å². The summed E-state index contributed by atoms with van der Waals surface area (Å²) in [6, 6.07) is 7.43. The fraction of sp³-hybridized carbons (Fsp3) is 0.611. The highest BCUT2D eigenvalue weighted by Crippen LogP contribution is 2.18. The molecule has 2 rings (SSSR count). The van der Waals surface area contributed by atoms with Crippen molar-refractivity contribution in [3.05, 3.63) is 29.3 Å². The van der Waals surface area contributed by atoms with Crippen LogP contribution in [0, 0.1) is 0 Å². The molecule has 0 radical (unpaired) electrons. The lowest BCUT2D eigenvalue weighted by Crippen LogP contribution is -2.44. The summed E-state index contributed by atoms with van der Waals surface area (Å²) in [6.45, 7) is 11.0. The van der Waals surface area contributed by atoms with Gasteiger partial charge in [-0.2, -0.15) is 0 Å². The molecule has 1 fully saturated rings. The molecule has 1 aromatic rings. The van der Waals surface area contributed by atoms with E-state index in [0.29, 0.717) is 11.6 Å². The predicted molar refractivity (Wildman–Crippen MR) is 118 cm³/mol. The Morgan fingerprint density at radius 2 is 2.12 bits per heavy atom. The van der Waals surface area contributed by atoms with Gasteiger partial charge in [0.2, 0.25) is 0 Å². The van der Waals surface area contributed by atoms with E-state index in [1.807, 2.05) is 31.2 Å². The first-order chi connectivity index (χ1) is 12.2. The molecule has 0 saturated carbocycles. The highest BCUT2D eigenvalue weighted by molar-refractivity contribution is 14.0. The molecule has 6 nitrogen and oxygen atoms in total. The Morgan fingerprint density at radius 1 is 1.35 bits per heavy atom. The van der Waals surface area contributed by atoms with Gasteiger partial charge in [0.1, 0.15) is 11.9 Å². The Hall–Kier alpha value is -0.770. The zero-order chi connectivity index (χ0) is 17.9. The fourth-order valence-electron chi connectivity index (χ4n) is 2.53. The smallest absolute Gasteiger partial charge is 0.191 e. The van der Waals surface area contributed by atoms with Crippen LogP contribution >= 0.6 is 35.6 Å². The van der Waals surface area contributed by atoms with E-state index >= 15 is 0 Å². The second kappa shape index (κ2) is 13.4. The van der Waals surface area contributed by atoms with Crippen molar-refractivity contribution in [2.24, 2.45) is 4.99 Å². The number of nitrogens with one attached hydrogen (secondary N) is 2. The topological polar surface area (TPSA) is 58.1 Å². The largest absolute Gasteiger partial charge is 0.489 e.